The quantitative estimate of drug-likeness (QED) is 0.0455. The van der Waals surface area contributed by atoms with E-state index in [1.54, 1.807) is 42.7 Å². The van der Waals surface area contributed by atoms with Gasteiger partial charge in [-0.15, -0.1) is 22.2 Å². The van der Waals surface area contributed by atoms with E-state index in [-0.39, 0.29) is 0 Å². The first-order chi connectivity index (χ1) is 31.4. The topological polar surface area (TPSA) is 166 Å². The Morgan fingerprint density at radius 2 is 0.406 bits per heavy atom. The average Bonchev–Trinajstić information content (AvgIpc) is 3.30. The molecule has 0 aliphatic carbocycles. The molecule has 0 aromatic heterocycles. The van der Waals surface area contributed by atoms with E-state index in [0.29, 0.717) is 185 Å². The van der Waals surface area contributed by atoms with E-state index in [1.165, 1.54) is 0 Å². The number of halogens is 2. The molecule has 0 heterocycles. The maximum atomic E-state index is 6.50. The fourth-order valence-electron chi connectivity index (χ4n) is 5.23. The van der Waals surface area contributed by atoms with Gasteiger partial charge in [0.1, 0.15) is 0 Å². The van der Waals surface area contributed by atoms with Crippen LogP contribution in [0.4, 0.5) is 0 Å². The fraction of sp³-hybridized carbons (Fsp3) is 1.00. The minimum atomic E-state index is -2.23. The van der Waals surface area contributed by atoms with Gasteiger partial charge in [-0.3, -0.25) is 0 Å². The van der Waals surface area contributed by atoms with Gasteiger partial charge >= 0.3 is 8.56 Å². The van der Waals surface area contributed by atoms with Crippen molar-refractivity contribution >= 4 is 37.4 Å². The number of hydrogen-bond donors (Lipinski definition) is 0. The molecule has 0 aromatic rings. The second-order valence-electron chi connectivity index (χ2n) is 13.9. The van der Waals surface area contributed by atoms with Crippen LogP contribution in [0, 0.1) is 0 Å². The highest BCUT2D eigenvalue weighted by molar-refractivity contribution is 7.45. The minimum absolute atomic E-state index is 0.555. The molecule has 22 heteroatoms. The molecular weight excluding hydrogens is 920 g/mol. The lowest BCUT2D eigenvalue weighted by atomic mass is 10.5. The third-order valence-corrected chi connectivity index (χ3v) is 17.0. The molecule has 388 valence electrons. The van der Waals surface area contributed by atoms with Crippen molar-refractivity contribution < 1.29 is 84.6 Å². The Kier molecular flexibility index (Phi) is 58.0. The van der Waals surface area contributed by atoms with Gasteiger partial charge in [0, 0.05) is 69.1 Å². The molecule has 0 unspecified atom stereocenters. The van der Waals surface area contributed by atoms with E-state index in [2.05, 4.69) is 0 Å². The van der Waals surface area contributed by atoms with Gasteiger partial charge < -0.3 is 84.6 Å². The summed E-state index contributed by atoms with van der Waals surface area (Å²) in [7, 11) is 7.87. The van der Waals surface area contributed by atoms with Crippen molar-refractivity contribution in [3.8, 4) is 0 Å². The Morgan fingerprint density at radius 3 is 0.594 bits per heavy atom. The molecule has 64 heavy (non-hydrogen) atoms. The molecule has 0 atom stereocenters. The van der Waals surface area contributed by atoms with Crippen LogP contribution in [0.3, 0.4) is 0 Å². The van der Waals surface area contributed by atoms with Gasteiger partial charge in [0.25, 0.3) is 6.69 Å². The monoisotopic (exact) mass is 1010 g/mol. The van der Waals surface area contributed by atoms with E-state index in [0.717, 1.165) is 49.9 Å². The molecule has 0 fully saturated rings. The molecule has 0 spiro atoms. The van der Waals surface area contributed by atoms with Crippen molar-refractivity contribution in [3.63, 3.8) is 0 Å². The Bertz CT molecular complexity index is 806. The highest BCUT2D eigenvalue weighted by Crippen LogP contribution is 2.28. The molecule has 0 rings (SSSR count). The van der Waals surface area contributed by atoms with Crippen LogP contribution in [0.2, 0.25) is 24.2 Å². The molecule has 0 saturated heterocycles. The van der Waals surface area contributed by atoms with Crippen LogP contribution >= 0.6 is 22.2 Å². The number of methoxy groups -OCH3 is 4. The lowest BCUT2D eigenvalue weighted by Gasteiger charge is -2.27. The Hall–Kier alpha value is 0.294. The van der Waals surface area contributed by atoms with Gasteiger partial charge in [-0.25, -0.2) is 0 Å². The average molecular weight is 1010 g/mol. The van der Waals surface area contributed by atoms with Crippen molar-refractivity contribution in [2.45, 2.75) is 49.9 Å². The first kappa shape index (κ1) is 66.4. The van der Waals surface area contributed by atoms with E-state index in [9.17, 15) is 0 Å². The van der Waals surface area contributed by atoms with E-state index in [4.69, 9.17) is 107 Å². The molecule has 0 bridgehead atoms. The molecule has 0 amide bonds. The lowest BCUT2D eigenvalue weighted by molar-refractivity contribution is 0.00326. The zero-order chi connectivity index (χ0) is 47.2. The van der Waals surface area contributed by atoms with E-state index < -0.39 is 15.3 Å². The van der Waals surface area contributed by atoms with Crippen molar-refractivity contribution in [2.24, 2.45) is 0 Å². The first-order valence-corrected chi connectivity index (χ1v) is 29.4. The summed E-state index contributed by atoms with van der Waals surface area (Å²) in [6.45, 7) is 14.2. The van der Waals surface area contributed by atoms with Gasteiger partial charge in [0.15, 0.2) is 0 Å². The highest BCUT2D eigenvalue weighted by Gasteiger charge is 2.34. The summed E-state index contributed by atoms with van der Waals surface area (Å²) in [6, 6.07) is 3.41. The van der Waals surface area contributed by atoms with Crippen molar-refractivity contribution in [1.82, 2.24) is 0 Å². The summed E-state index contributed by atoms with van der Waals surface area (Å²) in [5.74, 6) is 0. The normalized spacial score (nSPS) is 12.0. The number of hydrogen-bond acceptors (Lipinski definition) is 18. The van der Waals surface area contributed by atoms with Gasteiger partial charge in [0.2, 0.25) is 0 Å². The summed E-state index contributed by atoms with van der Waals surface area (Å²) < 4.78 is 96.6. The van der Waals surface area contributed by atoms with Gasteiger partial charge in [-0.2, -0.15) is 0 Å². The zero-order valence-electron chi connectivity index (χ0n) is 40.6. The summed E-state index contributed by atoms with van der Waals surface area (Å²) in [5, 5.41) is 0. The Balaban J connectivity index is 0. The van der Waals surface area contributed by atoms with Crippen molar-refractivity contribution in [2.75, 3.05) is 228 Å². The maximum absolute atomic E-state index is 6.50. The van der Waals surface area contributed by atoms with Gasteiger partial charge in [-0.1, -0.05) is 0 Å². The molecule has 0 aliphatic rings. The molecule has 0 N–H and O–H groups in total. The minimum Gasteiger partial charge on any atom is -0.398 e. The van der Waals surface area contributed by atoms with Crippen LogP contribution < -0.4 is 0 Å². The smallest absolute Gasteiger partial charge is 0.337 e. The summed E-state index contributed by atoms with van der Waals surface area (Å²) >= 11 is 13.0. The van der Waals surface area contributed by atoms with Crippen LogP contribution in [0.1, 0.15) is 25.7 Å². The number of rotatable bonds is 54. The van der Waals surface area contributed by atoms with Crippen molar-refractivity contribution in [1.29, 1.82) is 0 Å². The molecule has 0 aromatic carbocycles. The Labute approximate surface area is 398 Å². The SMILES string of the molecule is COCCOCCOCCOCCC[Si](CCCOCCOCCOCCOC)(OC)OC.COCCOCCOCCOCCC[Si](Cl)(Cl)CCCOCCOCCOCCOC. The third-order valence-electron chi connectivity index (χ3n) is 8.80. The summed E-state index contributed by atoms with van der Waals surface area (Å²) in [4.78, 5) is 0. The van der Waals surface area contributed by atoms with Gasteiger partial charge in [-0.05, 0) is 49.9 Å². The van der Waals surface area contributed by atoms with E-state index >= 15 is 0 Å². The summed E-state index contributed by atoms with van der Waals surface area (Å²) in [6.07, 6.45) is 3.52. The Morgan fingerprint density at radius 1 is 0.234 bits per heavy atom. The maximum Gasteiger partial charge on any atom is 0.337 e. The predicted octanol–water partition coefficient (Wildman–Crippen LogP) is 4.97. The lowest BCUT2D eigenvalue weighted by Crippen LogP contribution is -2.40. The summed E-state index contributed by atoms with van der Waals surface area (Å²) in [5.41, 5.74) is 0. The number of ether oxygens (including phenoxy) is 16. The van der Waals surface area contributed by atoms with Crippen LogP contribution in [0.15, 0.2) is 0 Å². The molecule has 0 saturated carbocycles. The second kappa shape index (κ2) is 55.9. The van der Waals surface area contributed by atoms with Crippen LogP contribution in [0.5, 0.6) is 0 Å². The molecule has 18 nitrogen and oxygen atoms in total. The van der Waals surface area contributed by atoms with Gasteiger partial charge in [0.05, 0.1) is 159 Å². The predicted molar refractivity (Wildman–Crippen MR) is 252 cm³/mol. The highest BCUT2D eigenvalue weighted by atomic mass is 35.7. The van der Waals surface area contributed by atoms with Crippen LogP contribution in [-0.4, -0.2) is 243 Å². The largest absolute Gasteiger partial charge is 0.398 e. The standard InChI is InChI=1S/C22H48O10Si.C20H42Cl2O8Si/c1-23-9-11-29-17-19-31-15-13-27-7-5-21-33(25-3,26-4)22-6-8-28-14-16-32-20-18-30-12-10-24-2;1-23-7-9-27-15-17-29-13-11-25-5-3-19-31(21,22)20-4-6-26-12-14-30-18-16-28-10-8-24-2/h5-22H2,1-4H3;3-20H2,1-2H3. The molecular formula is C42H90Cl2O18Si2. The van der Waals surface area contributed by atoms with Crippen molar-refractivity contribution in [3.05, 3.63) is 0 Å². The third kappa shape index (κ3) is 53.3. The fourth-order valence-corrected chi connectivity index (χ4v) is 11.0. The molecule has 0 aliphatic heterocycles. The second-order valence-corrected chi connectivity index (χ2v) is 25.2. The zero-order valence-corrected chi connectivity index (χ0v) is 44.1. The van der Waals surface area contributed by atoms with Crippen LogP contribution in [-0.2, 0) is 84.6 Å². The molecule has 0 radical (unpaired) electrons. The first-order valence-electron chi connectivity index (χ1n) is 22.7. The van der Waals surface area contributed by atoms with E-state index in [1.807, 2.05) is 0 Å². The van der Waals surface area contributed by atoms with Crippen LogP contribution in [0.25, 0.3) is 0 Å².